The Morgan fingerprint density at radius 3 is 1.86 bits per heavy atom. The lowest BCUT2D eigenvalue weighted by atomic mass is 10.2. The first-order valence-corrected chi connectivity index (χ1v) is 6.12. The first kappa shape index (κ1) is 16.4. The fourth-order valence-electron chi connectivity index (χ4n) is 1.52. The van der Waals surface area contributed by atoms with Crippen molar-refractivity contribution in [2.45, 2.75) is 47.1 Å². The summed E-state index contributed by atoms with van der Waals surface area (Å²) in [6.07, 6.45) is 1.35. The predicted octanol–water partition coefficient (Wildman–Crippen LogP) is 2.69. The van der Waals surface area contributed by atoms with Crippen molar-refractivity contribution in [3.05, 3.63) is 0 Å². The summed E-state index contributed by atoms with van der Waals surface area (Å²) in [5.41, 5.74) is 0. The molecular weight excluding hydrogens is 172 g/mol. The zero-order valence-corrected chi connectivity index (χ0v) is 11.3. The molecule has 0 N–H and O–H groups in total. The number of rotatable bonds is 2. The Bertz CT molecular complexity index is 102. The van der Waals surface area contributed by atoms with Crippen LogP contribution in [0, 0.1) is 0 Å². The van der Waals surface area contributed by atoms with E-state index >= 15 is 0 Å². The van der Waals surface area contributed by atoms with Crippen LogP contribution in [0.15, 0.2) is 0 Å². The van der Waals surface area contributed by atoms with Crippen LogP contribution in [0.1, 0.15) is 41.0 Å². The fraction of sp³-hybridized carbons (Fsp3) is 1.00. The SMILES string of the molecule is CC.CC.CCN1CCC(N(C)C)C1. The number of likely N-dealkylation sites (N-methyl/N-ethyl adjacent to an activating group) is 2. The van der Waals surface area contributed by atoms with Crippen LogP contribution in [0.4, 0.5) is 0 Å². The third kappa shape index (κ3) is 6.39. The zero-order chi connectivity index (χ0) is 11.6. The molecule has 0 amide bonds. The van der Waals surface area contributed by atoms with Crippen LogP contribution in [0.3, 0.4) is 0 Å². The third-order valence-corrected chi connectivity index (χ3v) is 2.43. The molecule has 0 aromatic rings. The lowest BCUT2D eigenvalue weighted by Gasteiger charge is -2.19. The molecule has 0 aliphatic carbocycles. The van der Waals surface area contributed by atoms with Gasteiger partial charge in [-0.15, -0.1) is 0 Å². The molecular formula is C12H30N2. The van der Waals surface area contributed by atoms with Gasteiger partial charge in [0, 0.05) is 12.6 Å². The molecule has 1 unspecified atom stereocenters. The Hall–Kier alpha value is -0.0800. The van der Waals surface area contributed by atoms with E-state index in [4.69, 9.17) is 0 Å². The highest BCUT2D eigenvalue weighted by molar-refractivity contribution is 4.79. The maximum Gasteiger partial charge on any atom is 0.0229 e. The average molecular weight is 202 g/mol. The van der Waals surface area contributed by atoms with Crippen LogP contribution in [-0.4, -0.2) is 49.6 Å². The first-order chi connectivity index (χ1) is 6.74. The van der Waals surface area contributed by atoms with Gasteiger partial charge in [-0.25, -0.2) is 0 Å². The van der Waals surface area contributed by atoms with E-state index in [1.165, 1.54) is 26.1 Å². The van der Waals surface area contributed by atoms with Crippen LogP contribution >= 0.6 is 0 Å². The average Bonchev–Trinajstić information content (AvgIpc) is 2.72. The topological polar surface area (TPSA) is 6.48 Å². The highest BCUT2D eigenvalue weighted by Crippen LogP contribution is 2.11. The van der Waals surface area contributed by atoms with Crippen LogP contribution < -0.4 is 0 Å². The summed E-state index contributed by atoms with van der Waals surface area (Å²) < 4.78 is 0. The molecule has 0 bridgehead atoms. The predicted molar refractivity (Wildman–Crippen MR) is 66.9 cm³/mol. The van der Waals surface area contributed by atoms with Crippen molar-refractivity contribution in [2.75, 3.05) is 33.7 Å². The summed E-state index contributed by atoms with van der Waals surface area (Å²) in [6.45, 7) is 14.0. The minimum absolute atomic E-state index is 0.806. The number of hydrogen-bond donors (Lipinski definition) is 0. The van der Waals surface area contributed by atoms with Crippen molar-refractivity contribution in [3.8, 4) is 0 Å². The smallest absolute Gasteiger partial charge is 0.0229 e. The van der Waals surface area contributed by atoms with Crippen LogP contribution in [0.2, 0.25) is 0 Å². The van der Waals surface area contributed by atoms with Crippen molar-refractivity contribution in [1.29, 1.82) is 0 Å². The summed E-state index contributed by atoms with van der Waals surface area (Å²) in [6, 6.07) is 0.806. The van der Waals surface area contributed by atoms with Crippen LogP contribution in [0.25, 0.3) is 0 Å². The van der Waals surface area contributed by atoms with E-state index in [9.17, 15) is 0 Å². The molecule has 0 saturated carbocycles. The minimum Gasteiger partial charge on any atom is -0.305 e. The molecule has 0 aromatic carbocycles. The summed E-state index contributed by atoms with van der Waals surface area (Å²) in [4.78, 5) is 4.83. The zero-order valence-electron chi connectivity index (χ0n) is 11.3. The van der Waals surface area contributed by atoms with Gasteiger partial charge in [0.1, 0.15) is 0 Å². The number of hydrogen-bond acceptors (Lipinski definition) is 2. The van der Waals surface area contributed by atoms with Gasteiger partial charge >= 0.3 is 0 Å². The summed E-state index contributed by atoms with van der Waals surface area (Å²) >= 11 is 0. The quantitative estimate of drug-likeness (QED) is 0.679. The third-order valence-electron chi connectivity index (χ3n) is 2.43. The Morgan fingerprint density at radius 1 is 1.14 bits per heavy atom. The van der Waals surface area contributed by atoms with Crippen molar-refractivity contribution in [1.82, 2.24) is 9.80 Å². The number of likely N-dealkylation sites (tertiary alicyclic amines) is 1. The van der Waals surface area contributed by atoms with E-state index in [-0.39, 0.29) is 0 Å². The van der Waals surface area contributed by atoms with Gasteiger partial charge in [-0.2, -0.15) is 0 Å². The van der Waals surface area contributed by atoms with Crippen molar-refractivity contribution >= 4 is 0 Å². The van der Waals surface area contributed by atoms with Gasteiger partial charge in [-0.05, 0) is 33.6 Å². The van der Waals surface area contributed by atoms with Crippen LogP contribution in [-0.2, 0) is 0 Å². The Labute approximate surface area is 91.3 Å². The molecule has 2 heteroatoms. The molecule has 1 aliphatic rings. The van der Waals surface area contributed by atoms with Gasteiger partial charge < -0.3 is 9.80 Å². The largest absolute Gasteiger partial charge is 0.305 e. The van der Waals surface area contributed by atoms with E-state index in [0.29, 0.717) is 0 Å². The Balaban J connectivity index is 0. The van der Waals surface area contributed by atoms with Gasteiger partial charge in [-0.3, -0.25) is 0 Å². The van der Waals surface area contributed by atoms with Crippen molar-refractivity contribution in [2.24, 2.45) is 0 Å². The van der Waals surface area contributed by atoms with Gasteiger partial charge in [0.25, 0.3) is 0 Å². The maximum absolute atomic E-state index is 2.50. The van der Waals surface area contributed by atoms with Crippen molar-refractivity contribution < 1.29 is 0 Å². The lowest BCUT2D eigenvalue weighted by molar-refractivity contribution is 0.275. The highest BCUT2D eigenvalue weighted by Gasteiger charge is 2.21. The Morgan fingerprint density at radius 2 is 1.64 bits per heavy atom. The first-order valence-electron chi connectivity index (χ1n) is 6.12. The molecule has 2 nitrogen and oxygen atoms in total. The lowest BCUT2D eigenvalue weighted by Crippen LogP contribution is -2.31. The summed E-state index contributed by atoms with van der Waals surface area (Å²) in [5, 5.41) is 0. The molecule has 0 spiro atoms. The standard InChI is InChI=1S/C8H18N2.2C2H6/c1-4-10-6-5-8(7-10)9(2)3;2*1-2/h8H,4-7H2,1-3H3;2*1-2H3. The van der Waals surface area contributed by atoms with Gasteiger partial charge in [0.15, 0.2) is 0 Å². The molecule has 1 fully saturated rings. The maximum atomic E-state index is 2.50. The van der Waals surface area contributed by atoms with E-state index in [1.54, 1.807) is 0 Å². The normalized spacial score (nSPS) is 21.0. The molecule has 1 aliphatic heterocycles. The summed E-state index contributed by atoms with van der Waals surface area (Å²) in [7, 11) is 4.34. The van der Waals surface area contributed by atoms with Gasteiger partial charge in [0.2, 0.25) is 0 Å². The van der Waals surface area contributed by atoms with Gasteiger partial charge in [0.05, 0.1) is 0 Å². The van der Waals surface area contributed by atoms with E-state index in [2.05, 4.69) is 30.8 Å². The number of nitrogens with zero attached hydrogens (tertiary/aromatic N) is 2. The second kappa shape index (κ2) is 11.0. The molecule has 1 saturated heterocycles. The molecule has 1 heterocycles. The molecule has 1 atom stereocenters. The van der Waals surface area contributed by atoms with E-state index < -0.39 is 0 Å². The molecule has 88 valence electrons. The fourth-order valence-corrected chi connectivity index (χ4v) is 1.52. The molecule has 14 heavy (non-hydrogen) atoms. The van der Waals surface area contributed by atoms with Crippen molar-refractivity contribution in [3.63, 3.8) is 0 Å². The molecule has 0 aromatic heterocycles. The molecule has 1 rings (SSSR count). The minimum atomic E-state index is 0.806. The second-order valence-electron chi connectivity index (χ2n) is 3.30. The van der Waals surface area contributed by atoms with Gasteiger partial charge in [-0.1, -0.05) is 34.6 Å². The highest BCUT2D eigenvalue weighted by atomic mass is 15.2. The van der Waals surface area contributed by atoms with E-state index in [0.717, 1.165) is 6.04 Å². The van der Waals surface area contributed by atoms with Crippen LogP contribution in [0.5, 0.6) is 0 Å². The Kier molecular flexibility index (Phi) is 12.8. The summed E-state index contributed by atoms with van der Waals surface area (Å²) in [5.74, 6) is 0. The monoisotopic (exact) mass is 202 g/mol. The van der Waals surface area contributed by atoms with E-state index in [1.807, 2.05) is 27.7 Å². The second-order valence-corrected chi connectivity index (χ2v) is 3.30. The molecule has 0 radical (unpaired) electrons.